The van der Waals surface area contributed by atoms with E-state index in [1.54, 1.807) is 14.2 Å². The minimum atomic E-state index is -0.420. The molecule has 1 heterocycles. The van der Waals surface area contributed by atoms with Gasteiger partial charge < -0.3 is 19.1 Å². The van der Waals surface area contributed by atoms with Crippen LogP contribution >= 0.6 is 12.4 Å². The first-order valence-corrected chi connectivity index (χ1v) is 12.6. The molecular weight excluding hydrogens is 462 g/mol. The highest BCUT2D eigenvalue weighted by molar-refractivity contribution is 5.86. The summed E-state index contributed by atoms with van der Waals surface area (Å²) in [5.74, 6) is 1.72. The zero-order valence-electron chi connectivity index (χ0n) is 21.3. The van der Waals surface area contributed by atoms with Crippen LogP contribution in [-0.4, -0.2) is 56.7 Å². The van der Waals surface area contributed by atoms with E-state index >= 15 is 0 Å². The number of ether oxygens (including phenoxy) is 3. The van der Waals surface area contributed by atoms with Crippen LogP contribution in [0.5, 0.6) is 11.5 Å². The fourth-order valence-electron chi connectivity index (χ4n) is 7.33. The van der Waals surface area contributed by atoms with Crippen molar-refractivity contribution in [3.63, 3.8) is 0 Å². The van der Waals surface area contributed by atoms with Gasteiger partial charge in [-0.2, -0.15) is 0 Å². The quantitative estimate of drug-likeness (QED) is 0.501. The number of hydrogen-bond donors (Lipinski definition) is 0. The summed E-state index contributed by atoms with van der Waals surface area (Å²) in [6, 6.07) is 15.0. The van der Waals surface area contributed by atoms with Gasteiger partial charge in [0.05, 0.1) is 19.8 Å². The first-order valence-electron chi connectivity index (χ1n) is 12.6. The van der Waals surface area contributed by atoms with E-state index < -0.39 is 11.0 Å². The number of piperidine rings is 1. The largest absolute Gasteiger partial charge is 0.493 e. The lowest BCUT2D eigenvalue weighted by Crippen LogP contribution is -2.76. The maximum Gasteiger partial charge on any atom is 0.164 e. The summed E-state index contributed by atoms with van der Waals surface area (Å²) in [5.41, 5.74) is 2.92. The Bertz CT molecular complexity index is 1060. The molecule has 1 saturated heterocycles. The average Bonchev–Trinajstić information content (AvgIpc) is 2.86. The van der Waals surface area contributed by atoms with Gasteiger partial charge in [0.25, 0.3) is 0 Å². The first kappa shape index (κ1) is 26.0. The van der Waals surface area contributed by atoms with Crippen LogP contribution in [0.2, 0.25) is 0 Å². The van der Waals surface area contributed by atoms with Crippen LogP contribution in [-0.2, 0) is 27.8 Å². The second-order valence-corrected chi connectivity index (χ2v) is 10.3. The molecule has 2 aromatic carbocycles. The number of carbonyl (C=O) groups is 1. The maximum atomic E-state index is 13.3. The second-order valence-electron chi connectivity index (χ2n) is 10.3. The molecule has 0 N–H and O–H groups in total. The second kappa shape index (κ2) is 10.1. The zero-order chi connectivity index (χ0) is 23.9. The van der Waals surface area contributed by atoms with Gasteiger partial charge in [0, 0.05) is 36.0 Å². The van der Waals surface area contributed by atoms with Crippen LogP contribution in [0.4, 0.5) is 0 Å². The molecule has 1 saturated carbocycles. The molecular formula is C29H38ClNO4. The fourth-order valence-corrected chi connectivity index (χ4v) is 7.33. The number of likely N-dealkylation sites (N-methyl/N-ethyl adjacent to an activating group) is 1. The lowest BCUT2D eigenvalue weighted by atomic mass is 9.45. The molecule has 0 amide bonds. The molecule has 3 aliphatic rings. The molecule has 4 atom stereocenters. The van der Waals surface area contributed by atoms with Crippen molar-refractivity contribution in [1.29, 1.82) is 0 Å². The molecule has 1 aliphatic heterocycles. The van der Waals surface area contributed by atoms with E-state index in [4.69, 9.17) is 14.2 Å². The number of hydrogen-bond acceptors (Lipinski definition) is 5. The Morgan fingerprint density at radius 3 is 2.54 bits per heavy atom. The molecule has 2 fully saturated rings. The van der Waals surface area contributed by atoms with Gasteiger partial charge in [-0.3, -0.25) is 4.79 Å². The number of nitrogens with zero attached hydrogens (tertiary/aromatic N) is 1. The monoisotopic (exact) mass is 499 g/mol. The third-order valence-corrected chi connectivity index (χ3v) is 8.95. The van der Waals surface area contributed by atoms with Crippen LogP contribution in [0.3, 0.4) is 0 Å². The summed E-state index contributed by atoms with van der Waals surface area (Å²) >= 11 is 0. The first-order chi connectivity index (χ1) is 16.5. The van der Waals surface area contributed by atoms with Crippen LogP contribution in [0.1, 0.15) is 49.3 Å². The van der Waals surface area contributed by atoms with Crippen LogP contribution in [0.15, 0.2) is 42.5 Å². The van der Waals surface area contributed by atoms with Gasteiger partial charge >= 0.3 is 0 Å². The van der Waals surface area contributed by atoms with Gasteiger partial charge in [0.15, 0.2) is 11.5 Å². The van der Waals surface area contributed by atoms with E-state index in [9.17, 15) is 4.79 Å². The predicted molar refractivity (Wildman–Crippen MR) is 140 cm³/mol. The highest BCUT2D eigenvalue weighted by atomic mass is 35.5. The highest BCUT2D eigenvalue weighted by Crippen LogP contribution is 2.63. The van der Waals surface area contributed by atoms with E-state index in [1.807, 2.05) is 6.07 Å². The Hall–Kier alpha value is -2.08. The molecule has 190 valence electrons. The number of fused-ring (bicyclic) bond motifs is 1. The fraction of sp³-hybridized carbons (Fsp3) is 0.552. The topological polar surface area (TPSA) is 48.0 Å². The van der Waals surface area contributed by atoms with Crippen molar-refractivity contribution >= 4 is 18.2 Å². The Kier molecular flexibility index (Phi) is 7.51. The van der Waals surface area contributed by atoms with Gasteiger partial charge in [-0.05, 0) is 62.9 Å². The summed E-state index contributed by atoms with van der Waals surface area (Å²) in [6.45, 7) is 3.75. The standard InChI is InChI=1S/C29H37NO4.ClH/c1-20-23(31)14-15-29(34-18-8-11-21-9-6-5-7-10-21)25-19-22-12-13-24(32-3)27(33-4)26(22)28(20,29)16-17-30(25)2;/h5-7,9-10,12-13,20,25H,8,11,14-19H2,1-4H3;1H/t20?,25-,28-,29-;/m1./s1. The molecule has 0 radical (unpaired) electrons. The van der Waals surface area contributed by atoms with Gasteiger partial charge in [-0.1, -0.05) is 43.3 Å². The van der Waals surface area contributed by atoms with Crippen molar-refractivity contribution in [1.82, 2.24) is 4.90 Å². The van der Waals surface area contributed by atoms with E-state index in [-0.39, 0.29) is 24.4 Å². The van der Waals surface area contributed by atoms with Crippen LogP contribution in [0, 0.1) is 5.92 Å². The third kappa shape index (κ3) is 3.87. The Balaban J connectivity index is 0.00000289. The minimum Gasteiger partial charge on any atom is -0.493 e. The lowest BCUT2D eigenvalue weighted by molar-refractivity contribution is -0.209. The summed E-state index contributed by atoms with van der Waals surface area (Å²) in [7, 11) is 5.62. The molecule has 6 heteroatoms. The van der Waals surface area contributed by atoms with E-state index in [2.05, 4.69) is 55.3 Å². The van der Waals surface area contributed by atoms with Crippen molar-refractivity contribution in [2.45, 2.75) is 62.5 Å². The molecule has 2 aromatic rings. The summed E-state index contributed by atoms with van der Waals surface area (Å²) in [5, 5.41) is 0. The Labute approximate surface area is 215 Å². The van der Waals surface area contributed by atoms with E-state index in [0.717, 1.165) is 55.7 Å². The lowest BCUT2D eigenvalue weighted by Gasteiger charge is -2.66. The number of rotatable bonds is 7. The summed E-state index contributed by atoms with van der Waals surface area (Å²) < 4.78 is 18.8. The van der Waals surface area contributed by atoms with E-state index in [0.29, 0.717) is 18.8 Å². The smallest absolute Gasteiger partial charge is 0.164 e. The number of Topliss-reactive ketones (excluding diaryl/α,β-unsaturated/α-hetero) is 1. The molecule has 35 heavy (non-hydrogen) atoms. The summed E-state index contributed by atoms with van der Waals surface area (Å²) in [4.78, 5) is 15.8. The highest BCUT2D eigenvalue weighted by Gasteiger charge is 2.69. The van der Waals surface area contributed by atoms with Crippen molar-refractivity contribution in [3.8, 4) is 11.5 Å². The molecule has 2 bridgehead atoms. The molecule has 5 nitrogen and oxygen atoms in total. The normalized spacial score (nSPS) is 29.5. The number of benzene rings is 2. The van der Waals surface area contributed by atoms with Crippen LogP contribution < -0.4 is 9.47 Å². The molecule has 1 unspecified atom stereocenters. The Morgan fingerprint density at radius 2 is 1.83 bits per heavy atom. The van der Waals surface area contributed by atoms with Gasteiger partial charge in [-0.25, -0.2) is 0 Å². The van der Waals surface area contributed by atoms with Crippen molar-refractivity contribution < 1.29 is 19.0 Å². The number of methoxy groups -OCH3 is 2. The Morgan fingerprint density at radius 1 is 1.06 bits per heavy atom. The predicted octanol–water partition coefficient (Wildman–Crippen LogP) is 5.01. The maximum absolute atomic E-state index is 13.3. The van der Waals surface area contributed by atoms with E-state index in [1.165, 1.54) is 11.1 Å². The summed E-state index contributed by atoms with van der Waals surface area (Å²) in [6.07, 6.45) is 5.06. The van der Waals surface area contributed by atoms with Gasteiger partial charge in [0.2, 0.25) is 0 Å². The molecule has 0 aromatic heterocycles. The van der Waals surface area contributed by atoms with Crippen LogP contribution in [0.25, 0.3) is 0 Å². The third-order valence-electron chi connectivity index (χ3n) is 8.95. The number of aryl methyl sites for hydroxylation is 1. The number of carbonyl (C=O) groups excluding carboxylic acids is 1. The minimum absolute atomic E-state index is 0. The average molecular weight is 500 g/mol. The molecule has 0 spiro atoms. The number of likely N-dealkylation sites (tertiary alicyclic amines) is 1. The number of halogens is 1. The van der Waals surface area contributed by atoms with Gasteiger partial charge in [0.1, 0.15) is 5.78 Å². The van der Waals surface area contributed by atoms with Crippen molar-refractivity contribution in [2.24, 2.45) is 5.92 Å². The SMILES string of the molecule is COc1ccc2c(c1OC)[C@]13CCN(C)[C@H](C2)[C@]1(OCCCc1ccccc1)CCC(=O)C3C.Cl. The van der Waals surface area contributed by atoms with Gasteiger partial charge in [-0.15, -0.1) is 12.4 Å². The zero-order valence-corrected chi connectivity index (χ0v) is 22.2. The number of ketones is 1. The molecule has 5 rings (SSSR count). The van der Waals surface area contributed by atoms with Crippen molar-refractivity contribution in [3.05, 3.63) is 59.2 Å². The molecule has 2 aliphatic carbocycles. The van der Waals surface area contributed by atoms with Crippen molar-refractivity contribution in [2.75, 3.05) is 34.4 Å².